The van der Waals surface area contributed by atoms with Gasteiger partial charge in [-0.05, 0) is 47.0 Å². The Morgan fingerprint density at radius 2 is 0.857 bits per heavy atom. The highest BCUT2D eigenvalue weighted by atomic mass is 32.2. The molecule has 0 radical (unpaired) electrons. The van der Waals surface area contributed by atoms with Gasteiger partial charge in [0.15, 0.2) is 0 Å². The molecule has 0 saturated carbocycles. The van der Waals surface area contributed by atoms with E-state index in [4.69, 9.17) is 14.2 Å². The first-order chi connectivity index (χ1) is 27.2. The zero-order chi connectivity index (χ0) is 41.3. The molecule has 6 heteroatoms. The molecule has 0 aromatic carbocycles. The van der Waals surface area contributed by atoms with Crippen LogP contribution in [0, 0.1) is 0 Å². The van der Waals surface area contributed by atoms with Gasteiger partial charge in [-0.1, -0.05) is 231 Å². The van der Waals surface area contributed by atoms with E-state index in [2.05, 4.69) is 46.9 Å². The number of hydrogen-bond donors (Lipinski definition) is 1. The maximum atomic E-state index is 12.9. The lowest BCUT2D eigenvalue weighted by atomic mass is 10.0. The number of ether oxygens (including phenoxy) is 3. The highest BCUT2D eigenvalue weighted by molar-refractivity contribution is 8.13. The smallest absolute Gasteiger partial charge is 0.279 e. The summed E-state index contributed by atoms with van der Waals surface area (Å²) in [6.07, 6.45) is 47.7. The minimum absolute atomic E-state index is 0.0253. The van der Waals surface area contributed by atoms with Crippen molar-refractivity contribution in [3.63, 3.8) is 0 Å². The fourth-order valence-corrected chi connectivity index (χ4v) is 8.19. The second kappa shape index (κ2) is 41.4. The summed E-state index contributed by atoms with van der Waals surface area (Å²) in [6, 6.07) is 0. The fourth-order valence-electron chi connectivity index (χ4n) is 7.45. The Morgan fingerprint density at radius 1 is 0.500 bits per heavy atom. The van der Waals surface area contributed by atoms with E-state index in [1.54, 1.807) is 7.11 Å². The Balaban J connectivity index is 4.24. The Labute approximate surface area is 356 Å². The van der Waals surface area contributed by atoms with E-state index in [1.807, 2.05) is 0 Å². The number of carbonyl (C=O) groups excluding carboxylic acids is 1. The first-order valence-electron chi connectivity index (χ1n) is 24.9. The average molecular weight is 812 g/mol. The SMILES string of the molecule is CCCCCCCCCCCCCCCCCCCC(CNC(=O)SCC(C)(C)OCCC(C)(C)OC)OCCCCCCCCCCCCCCCCCC. The average Bonchev–Trinajstić information content (AvgIpc) is 3.18. The van der Waals surface area contributed by atoms with Crippen LogP contribution in [0.4, 0.5) is 4.79 Å². The third kappa shape index (κ3) is 41.8. The van der Waals surface area contributed by atoms with Gasteiger partial charge in [-0.2, -0.15) is 0 Å². The molecule has 1 amide bonds. The lowest BCUT2D eigenvalue weighted by Crippen LogP contribution is -2.35. The Morgan fingerprint density at radius 3 is 1.23 bits per heavy atom. The van der Waals surface area contributed by atoms with Gasteiger partial charge in [0.25, 0.3) is 5.24 Å². The summed E-state index contributed by atoms with van der Waals surface area (Å²) in [5, 5.41) is 3.21. The summed E-state index contributed by atoms with van der Waals surface area (Å²) in [6.45, 7) is 14.9. The summed E-state index contributed by atoms with van der Waals surface area (Å²) < 4.78 is 18.1. The highest BCUT2D eigenvalue weighted by Crippen LogP contribution is 2.21. The van der Waals surface area contributed by atoms with Crippen LogP contribution < -0.4 is 5.32 Å². The number of rotatable bonds is 45. The molecule has 0 aliphatic heterocycles. The minimum atomic E-state index is -0.373. The molecule has 1 unspecified atom stereocenters. The molecule has 0 aliphatic carbocycles. The van der Waals surface area contributed by atoms with Gasteiger partial charge in [0.2, 0.25) is 0 Å². The largest absolute Gasteiger partial charge is 0.379 e. The normalized spacial score (nSPS) is 12.8. The van der Waals surface area contributed by atoms with Gasteiger partial charge in [-0.3, -0.25) is 4.79 Å². The van der Waals surface area contributed by atoms with Gasteiger partial charge in [0.1, 0.15) is 0 Å². The van der Waals surface area contributed by atoms with Crippen molar-refractivity contribution >= 4 is 17.0 Å². The molecule has 5 nitrogen and oxygen atoms in total. The van der Waals surface area contributed by atoms with Gasteiger partial charge in [0, 0.05) is 26.0 Å². The van der Waals surface area contributed by atoms with Crippen LogP contribution in [0.15, 0.2) is 0 Å². The van der Waals surface area contributed by atoms with E-state index in [0.29, 0.717) is 18.9 Å². The zero-order valence-corrected chi connectivity index (χ0v) is 40.0. The van der Waals surface area contributed by atoms with Crippen molar-refractivity contribution in [2.45, 2.75) is 284 Å². The van der Waals surface area contributed by atoms with Gasteiger partial charge in [-0.25, -0.2) is 0 Å². The van der Waals surface area contributed by atoms with E-state index in [0.717, 1.165) is 25.9 Å². The molecular weight excluding hydrogens is 711 g/mol. The van der Waals surface area contributed by atoms with Crippen LogP contribution in [0.2, 0.25) is 0 Å². The lowest BCUT2D eigenvalue weighted by Gasteiger charge is -2.28. The molecule has 0 fully saturated rings. The summed E-state index contributed by atoms with van der Waals surface area (Å²) in [7, 11) is 1.74. The third-order valence-corrected chi connectivity index (χ3v) is 13.0. The van der Waals surface area contributed by atoms with Crippen LogP contribution in [0.1, 0.15) is 266 Å². The van der Waals surface area contributed by atoms with E-state index in [-0.39, 0.29) is 22.5 Å². The molecule has 336 valence electrons. The molecule has 1 N–H and O–H groups in total. The van der Waals surface area contributed by atoms with Crippen LogP contribution in [-0.4, -0.2) is 55.2 Å². The molecule has 0 rings (SSSR count). The van der Waals surface area contributed by atoms with E-state index in [9.17, 15) is 4.79 Å². The number of thioether (sulfide) groups is 1. The first kappa shape index (κ1) is 55.7. The highest BCUT2D eigenvalue weighted by Gasteiger charge is 2.23. The van der Waals surface area contributed by atoms with Crippen LogP contribution in [0.5, 0.6) is 0 Å². The third-order valence-electron chi connectivity index (χ3n) is 11.8. The summed E-state index contributed by atoms with van der Waals surface area (Å²) in [5.41, 5.74) is -0.573. The predicted molar refractivity (Wildman–Crippen MR) is 250 cm³/mol. The van der Waals surface area contributed by atoms with Crippen molar-refractivity contribution < 1.29 is 19.0 Å². The van der Waals surface area contributed by atoms with E-state index < -0.39 is 0 Å². The fraction of sp³-hybridized carbons (Fsp3) is 0.980. The number of amides is 1. The van der Waals surface area contributed by atoms with Crippen molar-refractivity contribution in [2.24, 2.45) is 0 Å². The Bertz CT molecular complexity index is 768. The molecule has 0 spiro atoms. The van der Waals surface area contributed by atoms with Crippen molar-refractivity contribution in [1.29, 1.82) is 0 Å². The second-order valence-electron chi connectivity index (χ2n) is 18.5. The summed E-state index contributed by atoms with van der Waals surface area (Å²) in [4.78, 5) is 12.9. The molecule has 0 saturated heterocycles. The molecular formula is C50H101NO4S. The van der Waals surface area contributed by atoms with Crippen molar-refractivity contribution in [2.75, 3.05) is 32.6 Å². The number of methoxy groups -OCH3 is 1. The number of carbonyl (C=O) groups is 1. The Kier molecular flexibility index (Phi) is 41.2. The molecule has 0 heterocycles. The van der Waals surface area contributed by atoms with Gasteiger partial charge >= 0.3 is 0 Å². The number of hydrogen-bond acceptors (Lipinski definition) is 5. The molecule has 1 atom stereocenters. The van der Waals surface area contributed by atoms with E-state index in [1.165, 1.54) is 217 Å². The lowest BCUT2D eigenvalue weighted by molar-refractivity contribution is -0.0481. The maximum absolute atomic E-state index is 12.9. The van der Waals surface area contributed by atoms with Crippen LogP contribution >= 0.6 is 11.8 Å². The molecule has 56 heavy (non-hydrogen) atoms. The topological polar surface area (TPSA) is 56.8 Å². The second-order valence-corrected chi connectivity index (χ2v) is 19.5. The standard InChI is InChI=1S/C50H101NO4S/c1-8-10-12-14-16-18-20-22-24-26-27-29-31-33-35-37-39-41-47(45-51-48(52)56-46-50(5,6)55-44-42-49(3,4)53-7)54-43-40-38-36-34-32-30-28-25-23-21-19-17-15-13-11-9-2/h47H,8-46H2,1-7H3,(H,51,52). The van der Waals surface area contributed by atoms with Crippen LogP contribution in [0.25, 0.3) is 0 Å². The van der Waals surface area contributed by atoms with Crippen molar-refractivity contribution in [1.82, 2.24) is 5.32 Å². The summed E-state index contributed by atoms with van der Waals surface area (Å²) >= 11 is 1.33. The molecule has 0 aromatic rings. The Hall–Kier alpha value is -0.300. The van der Waals surface area contributed by atoms with Crippen molar-refractivity contribution in [3.05, 3.63) is 0 Å². The number of nitrogens with one attached hydrogen (secondary N) is 1. The van der Waals surface area contributed by atoms with Gasteiger partial charge < -0.3 is 19.5 Å². The monoisotopic (exact) mass is 812 g/mol. The van der Waals surface area contributed by atoms with E-state index >= 15 is 0 Å². The first-order valence-corrected chi connectivity index (χ1v) is 25.9. The minimum Gasteiger partial charge on any atom is -0.379 e. The zero-order valence-electron chi connectivity index (χ0n) is 39.2. The van der Waals surface area contributed by atoms with Gasteiger partial charge in [0.05, 0.1) is 23.9 Å². The summed E-state index contributed by atoms with van der Waals surface area (Å²) in [5.74, 6) is 0.621. The maximum Gasteiger partial charge on any atom is 0.279 e. The quantitative estimate of drug-likeness (QED) is 0.0621. The van der Waals surface area contributed by atoms with Crippen LogP contribution in [-0.2, 0) is 14.2 Å². The van der Waals surface area contributed by atoms with Crippen molar-refractivity contribution in [3.8, 4) is 0 Å². The van der Waals surface area contributed by atoms with Crippen LogP contribution in [0.3, 0.4) is 0 Å². The van der Waals surface area contributed by atoms with Gasteiger partial charge in [-0.15, -0.1) is 0 Å². The molecule has 0 bridgehead atoms. The molecule has 0 aliphatic rings. The predicted octanol–water partition coefficient (Wildman–Crippen LogP) is 16.7. The number of unbranched alkanes of at least 4 members (excludes halogenated alkanes) is 31. The molecule has 0 aromatic heterocycles.